The highest BCUT2D eigenvalue weighted by molar-refractivity contribution is 5.32. The fourth-order valence-corrected chi connectivity index (χ4v) is 2.16. The number of rotatable bonds is 3. The smallest absolute Gasteiger partial charge is 0.128 e. The zero-order chi connectivity index (χ0) is 14.8. The summed E-state index contributed by atoms with van der Waals surface area (Å²) in [6, 6.07) is 13.7. The molecule has 21 heavy (non-hydrogen) atoms. The van der Waals surface area contributed by atoms with Crippen molar-refractivity contribution >= 4 is 0 Å². The van der Waals surface area contributed by atoms with Gasteiger partial charge in [-0.15, -0.1) is 0 Å². The summed E-state index contributed by atoms with van der Waals surface area (Å²) >= 11 is 0. The number of hydrogen-bond donors (Lipinski definition) is 1. The molecule has 106 valence electrons. The number of aryl methyl sites for hydroxylation is 1. The van der Waals surface area contributed by atoms with Crippen molar-refractivity contribution in [2.75, 3.05) is 0 Å². The maximum atomic E-state index is 13.9. The lowest BCUT2D eigenvalue weighted by molar-refractivity contribution is 0.594. The number of halogens is 1. The molecule has 3 aromatic rings. The molecular weight excluding hydrogens is 267 g/mol. The molecule has 0 saturated heterocycles. The minimum Gasteiger partial charge on any atom is -0.319 e. The van der Waals surface area contributed by atoms with Gasteiger partial charge in [0, 0.05) is 5.56 Å². The molecule has 0 aliphatic rings. The Balaban J connectivity index is 1.94. The molecule has 0 bridgehead atoms. The highest BCUT2D eigenvalue weighted by atomic mass is 19.1. The predicted molar refractivity (Wildman–Crippen MR) is 78.5 cm³/mol. The van der Waals surface area contributed by atoms with Crippen LogP contribution in [-0.4, -0.2) is 15.0 Å². The van der Waals surface area contributed by atoms with E-state index in [1.165, 1.54) is 10.9 Å². The summed E-state index contributed by atoms with van der Waals surface area (Å²) < 4.78 is 13.9. The van der Waals surface area contributed by atoms with Crippen molar-refractivity contribution in [1.82, 2.24) is 15.0 Å². The minimum atomic E-state index is -0.637. The molecule has 0 aliphatic heterocycles. The van der Waals surface area contributed by atoms with Gasteiger partial charge in [-0.2, -0.15) is 15.0 Å². The average molecular weight is 282 g/mol. The molecule has 0 spiro atoms. The third-order valence-corrected chi connectivity index (χ3v) is 3.30. The van der Waals surface area contributed by atoms with Crippen molar-refractivity contribution in [1.29, 1.82) is 0 Å². The van der Waals surface area contributed by atoms with Gasteiger partial charge in [-0.25, -0.2) is 4.39 Å². The number of hydrogen-bond acceptors (Lipinski definition) is 3. The van der Waals surface area contributed by atoms with Gasteiger partial charge in [0.2, 0.25) is 0 Å². The number of para-hydroxylation sites is 1. The molecule has 1 atom stereocenters. The molecular formula is C16H15FN4. The fourth-order valence-electron chi connectivity index (χ4n) is 2.16. The summed E-state index contributed by atoms with van der Waals surface area (Å²) in [6.07, 6.45) is 1.57. The van der Waals surface area contributed by atoms with Gasteiger partial charge < -0.3 is 5.73 Å². The Hall–Kier alpha value is -2.53. The van der Waals surface area contributed by atoms with Crippen molar-refractivity contribution < 1.29 is 4.39 Å². The minimum absolute atomic E-state index is 0.331. The van der Waals surface area contributed by atoms with Crippen LogP contribution in [0.15, 0.2) is 54.7 Å². The van der Waals surface area contributed by atoms with Crippen LogP contribution in [0.5, 0.6) is 0 Å². The van der Waals surface area contributed by atoms with E-state index in [0.29, 0.717) is 11.3 Å². The van der Waals surface area contributed by atoms with Crippen molar-refractivity contribution in [2.24, 2.45) is 5.73 Å². The van der Waals surface area contributed by atoms with E-state index in [1.807, 2.05) is 37.3 Å². The van der Waals surface area contributed by atoms with E-state index in [2.05, 4.69) is 10.2 Å². The van der Waals surface area contributed by atoms with Crippen LogP contribution < -0.4 is 5.73 Å². The average Bonchev–Trinajstić information content (AvgIpc) is 3.00. The second-order valence-electron chi connectivity index (χ2n) is 4.90. The SMILES string of the molecule is Cc1ccc(F)c(C(N)c2cnn(-c3ccccc3)n2)c1. The third kappa shape index (κ3) is 2.68. The Morgan fingerprint density at radius 1 is 1.14 bits per heavy atom. The van der Waals surface area contributed by atoms with Gasteiger partial charge in [0.05, 0.1) is 17.9 Å². The Kier molecular flexibility index (Phi) is 3.50. The van der Waals surface area contributed by atoms with Gasteiger partial charge in [0.15, 0.2) is 0 Å². The summed E-state index contributed by atoms with van der Waals surface area (Å²) in [5, 5.41) is 8.53. The lowest BCUT2D eigenvalue weighted by Crippen LogP contribution is -2.15. The van der Waals surface area contributed by atoms with Crippen LogP contribution in [0.25, 0.3) is 5.69 Å². The fraction of sp³-hybridized carbons (Fsp3) is 0.125. The Bertz CT molecular complexity index is 752. The molecule has 1 heterocycles. The summed E-state index contributed by atoms with van der Waals surface area (Å²) in [7, 11) is 0. The van der Waals surface area contributed by atoms with Gasteiger partial charge in [-0.05, 0) is 25.1 Å². The topological polar surface area (TPSA) is 56.7 Å². The van der Waals surface area contributed by atoms with Crippen molar-refractivity contribution in [3.63, 3.8) is 0 Å². The third-order valence-electron chi connectivity index (χ3n) is 3.30. The molecule has 0 saturated carbocycles. The first-order valence-corrected chi connectivity index (χ1v) is 6.64. The van der Waals surface area contributed by atoms with Crippen molar-refractivity contribution in [3.8, 4) is 5.69 Å². The molecule has 0 amide bonds. The first-order valence-electron chi connectivity index (χ1n) is 6.64. The molecule has 1 aromatic heterocycles. The van der Waals surface area contributed by atoms with Gasteiger partial charge in [-0.1, -0.05) is 35.9 Å². The zero-order valence-corrected chi connectivity index (χ0v) is 11.6. The first-order chi connectivity index (χ1) is 10.1. The molecule has 3 rings (SSSR count). The highest BCUT2D eigenvalue weighted by Gasteiger charge is 2.17. The zero-order valence-electron chi connectivity index (χ0n) is 11.6. The van der Waals surface area contributed by atoms with E-state index in [9.17, 15) is 4.39 Å². The summed E-state index contributed by atoms with van der Waals surface area (Å²) in [5.41, 5.74) is 8.87. The van der Waals surface area contributed by atoms with Crippen LogP contribution >= 0.6 is 0 Å². The normalized spacial score (nSPS) is 12.3. The molecule has 4 nitrogen and oxygen atoms in total. The number of nitrogens with zero attached hydrogens (tertiary/aromatic N) is 3. The van der Waals surface area contributed by atoms with Gasteiger partial charge in [-0.3, -0.25) is 0 Å². The molecule has 1 unspecified atom stereocenters. The molecule has 0 fully saturated rings. The maximum absolute atomic E-state index is 13.9. The lowest BCUT2D eigenvalue weighted by Gasteiger charge is -2.10. The monoisotopic (exact) mass is 282 g/mol. The number of aromatic nitrogens is 3. The van der Waals surface area contributed by atoms with Crippen molar-refractivity contribution in [2.45, 2.75) is 13.0 Å². The van der Waals surface area contributed by atoms with E-state index in [-0.39, 0.29) is 5.82 Å². The summed E-state index contributed by atoms with van der Waals surface area (Å²) in [4.78, 5) is 1.49. The van der Waals surface area contributed by atoms with Crippen LogP contribution in [0.1, 0.15) is 22.9 Å². The number of nitrogens with two attached hydrogens (primary N) is 1. The first kappa shape index (κ1) is 13.5. The maximum Gasteiger partial charge on any atom is 0.128 e. The Morgan fingerprint density at radius 3 is 2.67 bits per heavy atom. The molecule has 2 aromatic carbocycles. The van der Waals surface area contributed by atoms with Crippen LogP contribution in [0.2, 0.25) is 0 Å². The molecule has 0 radical (unpaired) electrons. The predicted octanol–water partition coefficient (Wildman–Crippen LogP) is 2.76. The summed E-state index contributed by atoms with van der Waals surface area (Å²) in [5.74, 6) is -0.331. The van der Waals surface area contributed by atoms with Crippen LogP contribution in [0.3, 0.4) is 0 Å². The van der Waals surface area contributed by atoms with Crippen molar-refractivity contribution in [3.05, 3.63) is 77.4 Å². The molecule has 5 heteroatoms. The Labute approximate surface area is 122 Å². The van der Waals surface area contributed by atoms with E-state index in [4.69, 9.17) is 5.73 Å². The summed E-state index contributed by atoms with van der Waals surface area (Å²) in [6.45, 7) is 1.90. The largest absolute Gasteiger partial charge is 0.319 e. The van der Waals surface area contributed by atoms with E-state index in [1.54, 1.807) is 18.3 Å². The quantitative estimate of drug-likeness (QED) is 0.803. The van der Waals surface area contributed by atoms with E-state index in [0.717, 1.165) is 11.3 Å². The van der Waals surface area contributed by atoms with E-state index >= 15 is 0 Å². The molecule has 2 N–H and O–H groups in total. The van der Waals surface area contributed by atoms with Crippen LogP contribution in [0, 0.1) is 12.7 Å². The second-order valence-corrected chi connectivity index (χ2v) is 4.90. The van der Waals surface area contributed by atoms with Gasteiger partial charge in [0.25, 0.3) is 0 Å². The second kappa shape index (κ2) is 5.46. The van der Waals surface area contributed by atoms with Gasteiger partial charge in [0.1, 0.15) is 11.5 Å². The standard InChI is InChI=1S/C16H15FN4/c1-11-7-8-14(17)13(9-11)16(18)15-10-19-21(20-15)12-5-3-2-4-6-12/h2-10,16H,18H2,1H3. The number of benzene rings is 2. The Morgan fingerprint density at radius 2 is 1.90 bits per heavy atom. The lowest BCUT2D eigenvalue weighted by atomic mass is 10.0. The van der Waals surface area contributed by atoms with E-state index < -0.39 is 6.04 Å². The highest BCUT2D eigenvalue weighted by Crippen LogP contribution is 2.22. The van der Waals surface area contributed by atoms with Crippen LogP contribution in [-0.2, 0) is 0 Å². The van der Waals surface area contributed by atoms with Gasteiger partial charge >= 0.3 is 0 Å². The molecule has 0 aliphatic carbocycles. The van der Waals surface area contributed by atoms with Crippen LogP contribution in [0.4, 0.5) is 4.39 Å².